The highest BCUT2D eigenvalue weighted by atomic mass is 127. The van der Waals surface area contributed by atoms with Crippen LogP contribution in [0.2, 0.25) is 0 Å². The molecule has 0 radical (unpaired) electrons. The van der Waals surface area contributed by atoms with E-state index in [9.17, 15) is 9.59 Å². The summed E-state index contributed by atoms with van der Waals surface area (Å²) in [5.74, 6) is -0.579. The van der Waals surface area contributed by atoms with E-state index in [1.165, 1.54) is 0 Å². The van der Waals surface area contributed by atoms with Crippen LogP contribution in [0, 0.1) is 5.41 Å². The summed E-state index contributed by atoms with van der Waals surface area (Å²) in [6.07, 6.45) is 1.48. The number of rotatable bonds is 10. The molecule has 1 aromatic rings. The number of hydrogen-bond donors (Lipinski definition) is 1. The normalized spacial score (nSPS) is 16.5. The molecule has 0 spiro atoms. The first-order valence-corrected chi connectivity index (χ1v) is 13.1. The lowest BCUT2D eigenvalue weighted by atomic mass is 9.82. The lowest BCUT2D eigenvalue weighted by Gasteiger charge is -2.37. The van der Waals surface area contributed by atoms with Gasteiger partial charge in [0.2, 0.25) is 0 Å². The monoisotopic (exact) mass is 549 g/mol. The standard InChI is InChI=1S/C21H28INO6S/c1-4-29-19(25)12-14(11-17(24)20(23)30-22)16-13-15(5-6-18(16)26-2)21(27-3)7-9-28-10-8-21/h5-6,13-14,23H,4,7-12H2,1-3H3. The minimum Gasteiger partial charge on any atom is -0.496 e. The van der Waals surface area contributed by atoms with E-state index in [4.69, 9.17) is 24.4 Å². The zero-order chi connectivity index (χ0) is 22.1. The number of ketones is 1. The second-order valence-corrected chi connectivity index (χ2v) is 8.89. The zero-order valence-electron chi connectivity index (χ0n) is 17.5. The van der Waals surface area contributed by atoms with Crippen molar-refractivity contribution < 1.29 is 28.5 Å². The van der Waals surface area contributed by atoms with Crippen LogP contribution >= 0.6 is 30.1 Å². The average molecular weight is 549 g/mol. The quantitative estimate of drug-likeness (QED) is 0.200. The summed E-state index contributed by atoms with van der Waals surface area (Å²) in [7, 11) is 4.31. The van der Waals surface area contributed by atoms with Crippen LogP contribution in [0.1, 0.15) is 49.7 Å². The number of Topliss-reactive ketones (excluding diaryl/α,β-unsaturated/α-hetero) is 1. The van der Waals surface area contributed by atoms with Gasteiger partial charge in [-0.25, -0.2) is 0 Å². The molecular formula is C21H28INO6S. The van der Waals surface area contributed by atoms with Gasteiger partial charge < -0.3 is 18.9 Å². The van der Waals surface area contributed by atoms with E-state index in [0.717, 1.165) is 20.1 Å². The first kappa shape index (κ1) is 25.1. The highest BCUT2D eigenvalue weighted by molar-refractivity contribution is 14.2. The maximum absolute atomic E-state index is 12.5. The first-order chi connectivity index (χ1) is 14.4. The molecule has 1 atom stereocenters. The Labute approximate surface area is 193 Å². The van der Waals surface area contributed by atoms with Crippen LogP contribution in [0.15, 0.2) is 18.2 Å². The molecule has 1 aliphatic rings. The lowest BCUT2D eigenvalue weighted by molar-refractivity contribution is -0.143. The van der Waals surface area contributed by atoms with Gasteiger partial charge in [-0.05, 0) is 39.1 Å². The number of ether oxygens (including phenoxy) is 4. The average Bonchev–Trinajstić information content (AvgIpc) is 2.78. The molecule has 1 unspecified atom stereocenters. The molecule has 30 heavy (non-hydrogen) atoms. The Morgan fingerprint density at radius 1 is 1.27 bits per heavy atom. The van der Waals surface area contributed by atoms with E-state index in [1.54, 1.807) is 21.1 Å². The van der Waals surface area contributed by atoms with E-state index in [-0.39, 0.29) is 36.2 Å². The Morgan fingerprint density at radius 2 is 1.97 bits per heavy atom. The summed E-state index contributed by atoms with van der Waals surface area (Å²) in [6, 6.07) is 5.77. The summed E-state index contributed by atoms with van der Waals surface area (Å²) in [5, 5.41) is 7.81. The Balaban J connectivity index is 2.46. The van der Waals surface area contributed by atoms with Crippen LogP contribution in [0.3, 0.4) is 0 Å². The molecule has 0 saturated carbocycles. The van der Waals surface area contributed by atoms with Crippen LogP contribution in [0.4, 0.5) is 0 Å². The largest absolute Gasteiger partial charge is 0.496 e. The van der Waals surface area contributed by atoms with Gasteiger partial charge >= 0.3 is 5.97 Å². The molecule has 1 heterocycles. The van der Waals surface area contributed by atoms with Crippen molar-refractivity contribution >= 4 is 46.9 Å². The summed E-state index contributed by atoms with van der Waals surface area (Å²) < 4.78 is 22.1. The van der Waals surface area contributed by atoms with Crippen LogP contribution in [0.5, 0.6) is 5.75 Å². The van der Waals surface area contributed by atoms with Crippen molar-refractivity contribution in [2.45, 2.75) is 44.1 Å². The summed E-state index contributed by atoms with van der Waals surface area (Å²) in [4.78, 5) is 24.8. The van der Waals surface area contributed by atoms with Gasteiger partial charge in [-0.3, -0.25) is 15.0 Å². The molecule has 1 aromatic carbocycles. The molecule has 0 amide bonds. The molecule has 0 aromatic heterocycles. The van der Waals surface area contributed by atoms with Crippen molar-refractivity contribution in [3.8, 4) is 5.75 Å². The SMILES string of the molecule is CCOC(=O)CC(CC(=O)C(=N)SI)c1cc(C2(OC)CCOCC2)ccc1OC. The number of esters is 1. The fourth-order valence-corrected chi connectivity index (χ4v) is 4.63. The number of benzene rings is 1. The Bertz CT molecular complexity index is 766. The Hall–Kier alpha value is -1.17. The predicted molar refractivity (Wildman–Crippen MR) is 125 cm³/mol. The van der Waals surface area contributed by atoms with E-state index >= 15 is 0 Å². The van der Waals surface area contributed by atoms with Gasteiger partial charge in [0.15, 0.2) is 5.78 Å². The number of methoxy groups -OCH3 is 2. The van der Waals surface area contributed by atoms with Crippen molar-refractivity contribution in [3.63, 3.8) is 0 Å². The van der Waals surface area contributed by atoms with Crippen LogP contribution in [-0.4, -0.2) is 50.8 Å². The fourth-order valence-electron chi connectivity index (χ4n) is 3.72. The van der Waals surface area contributed by atoms with Crippen molar-refractivity contribution in [2.24, 2.45) is 0 Å². The molecule has 1 aliphatic heterocycles. The minimum absolute atomic E-state index is 0.0244. The van der Waals surface area contributed by atoms with Crippen molar-refractivity contribution in [3.05, 3.63) is 29.3 Å². The molecule has 0 aliphatic carbocycles. The molecular weight excluding hydrogens is 521 g/mol. The van der Waals surface area contributed by atoms with E-state index in [0.29, 0.717) is 31.8 Å². The van der Waals surface area contributed by atoms with Crippen molar-refractivity contribution in [1.29, 1.82) is 5.41 Å². The summed E-state index contributed by atoms with van der Waals surface area (Å²) in [5.41, 5.74) is 1.22. The van der Waals surface area contributed by atoms with Crippen molar-refractivity contribution in [1.82, 2.24) is 0 Å². The molecule has 0 bridgehead atoms. The fraction of sp³-hybridized carbons (Fsp3) is 0.571. The highest BCUT2D eigenvalue weighted by Gasteiger charge is 2.36. The van der Waals surface area contributed by atoms with Crippen LogP contribution in [0.25, 0.3) is 0 Å². The first-order valence-electron chi connectivity index (χ1n) is 9.78. The zero-order valence-corrected chi connectivity index (χ0v) is 20.5. The third-order valence-electron chi connectivity index (χ3n) is 5.37. The number of nitrogens with one attached hydrogen (secondary N) is 1. The van der Waals surface area contributed by atoms with E-state index in [1.807, 2.05) is 39.4 Å². The van der Waals surface area contributed by atoms with E-state index in [2.05, 4.69) is 0 Å². The molecule has 9 heteroatoms. The number of carbonyl (C=O) groups is 2. The maximum Gasteiger partial charge on any atom is 0.306 e. The van der Waals surface area contributed by atoms with Gasteiger partial charge in [0.1, 0.15) is 10.8 Å². The van der Waals surface area contributed by atoms with Gasteiger partial charge in [-0.1, -0.05) is 6.07 Å². The Kier molecular flexibility index (Phi) is 10.1. The van der Waals surface area contributed by atoms with Gasteiger partial charge in [0, 0.05) is 66.7 Å². The molecule has 166 valence electrons. The van der Waals surface area contributed by atoms with Crippen molar-refractivity contribution in [2.75, 3.05) is 34.0 Å². The molecule has 1 saturated heterocycles. The lowest BCUT2D eigenvalue weighted by Crippen LogP contribution is -2.35. The second-order valence-electron chi connectivity index (χ2n) is 7.01. The number of hydrogen-bond acceptors (Lipinski definition) is 8. The Morgan fingerprint density at radius 3 is 2.53 bits per heavy atom. The summed E-state index contributed by atoms with van der Waals surface area (Å²) in [6.45, 7) is 3.21. The number of halogens is 1. The second kappa shape index (κ2) is 12.0. The van der Waals surface area contributed by atoms with Gasteiger partial charge in [-0.15, -0.1) is 0 Å². The van der Waals surface area contributed by atoms with E-state index < -0.39 is 11.5 Å². The number of carbonyl (C=O) groups excluding carboxylic acids is 2. The summed E-state index contributed by atoms with van der Waals surface area (Å²) >= 11 is 1.91. The molecule has 1 N–H and O–H groups in total. The van der Waals surface area contributed by atoms with Gasteiger partial charge in [-0.2, -0.15) is 0 Å². The highest BCUT2D eigenvalue weighted by Crippen LogP contribution is 2.40. The molecule has 2 rings (SSSR count). The maximum atomic E-state index is 12.5. The topological polar surface area (TPSA) is 94.9 Å². The van der Waals surface area contributed by atoms with Crippen LogP contribution in [-0.2, 0) is 29.4 Å². The predicted octanol–water partition coefficient (Wildman–Crippen LogP) is 4.40. The molecule has 7 nitrogen and oxygen atoms in total. The van der Waals surface area contributed by atoms with Gasteiger partial charge in [0.05, 0.1) is 25.7 Å². The third-order valence-corrected chi connectivity index (χ3v) is 7.07. The van der Waals surface area contributed by atoms with Gasteiger partial charge in [0.25, 0.3) is 0 Å². The third kappa shape index (κ3) is 6.18. The molecule has 1 fully saturated rings. The minimum atomic E-state index is -0.484. The van der Waals surface area contributed by atoms with Crippen LogP contribution < -0.4 is 4.74 Å². The smallest absolute Gasteiger partial charge is 0.306 e.